The first-order valence-electron chi connectivity index (χ1n) is 5.41. The molecule has 2 rings (SSSR count). The zero-order chi connectivity index (χ0) is 14.2. The second-order valence-electron chi connectivity index (χ2n) is 3.96. The molecular weight excluding hydrogens is 311 g/mol. The van der Waals surface area contributed by atoms with Crippen molar-refractivity contribution in [3.63, 3.8) is 0 Å². The maximum Gasteiger partial charge on any atom is 0.327 e. The number of carbonyl (C=O) groups excluding carboxylic acids is 1. The first-order chi connectivity index (χ1) is 8.91. The molecule has 2 atom stereocenters. The standard InChI is InChI=1S/C11H10Cl2N2O3S/c1-5-15(7(4-19-5)11(17)18)10(16)9-6(12)2-3-8(13)14-9/h2-3,5,7H,4H2,1H3,(H,17,18). The van der Waals surface area contributed by atoms with Gasteiger partial charge in [0.1, 0.15) is 16.9 Å². The van der Waals surface area contributed by atoms with Crippen LogP contribution in [0.25, 0.3) is 0 Å². The number of rotatable bonds is 2. The van der Waals surface area contributed by atoms with E-state index in [2.05, 4.69) is 4.98 Å². The molecule has 0 aromatic carbocycles. The molecule has 0 spiro atoms. The lowest BCUT2D eigenvalue weighted by atomic mass is 10.2. The Balaban J connectivity index is 2.37. The molecule has 1 saturated heterocycles. The van der Waals surface area contributed by atoms with Crippen LogP contribution in [-0.4, -0.2) is 44.0 Å². The highest BCUT2D eigenvalue weighted by Gasteiger charge is 2.40. The SMILES string of the molecule is CC1SCC(C(=O)O)N1C(=O)c1nc(Cl)ccc1Cl. The average molecular weight is 321 g/mol. The Hall–Kier alpha value is -0.980. The summed E-state index contributed by atoms with van der Waals surface area (Å²) in [6, 6.07) is 2.06. The molecule has 1 aromatic rings. The Bertz CT molecular complexity index is 541. The molecule has 1 aromatic heterocycles. The van der Waals surface area contributed by atoms with Crippen molar-refractivity contribution >= 4 is 46.8 Å². The Morgan fingerprint density at radius 3 is 2.79 bits per heavy atom. The Morgan fingerprint density at radius 2 is 2.16 bits per heavy atom. The molecule has 8 heteroatoms. The summed E-state index contributed by atoms with van der Waals surface area (Å²) in [4.78, 5) is 28.7. The topological polar surface area (TPSA) is 70.5 Å². The highest BCUT2D eigenvalue weighted by Crippen LogP contribution is 2.31. The maximum atomic E-state index is 12.4. The molecule has 1 aliphatic rings. The number of carboxylic acid groups (broad SMARTS) is 1. The number of hydrogen-bond donors (Lipinski definition) is 1. The average Bonchev–Trinajstić information content (AvgIpc) is 2.73. The fraction of sp³-hybridized carbons (Fsp3) is 0.364. The Labute approximate surface area is 123 Å². The van der Waals surface area contributed by atoms with E-state index in [9.17, 15) is 9.59 Å². The number of nitrogens with zero attached hydrogens (tertiary/aromatic N) is 2. The summed E-state index contributed by atoms with van der Waals surface area (Å²) >= 11 is 13.1. The van der Waals surface area contributed by atoms with E-state index >= 15 is 0 Å². The van der Waals surface area contributed by atoms with Gasteiger partial charge in [0.2, 0.25) is 0 Å². The fourth-order valence-electron chi connectivity index (χ4n) is 1.83. The summed E-state index contributed by atoms with van der Waals surface area (Å²) in [5, 5.41) is 9.18. The van der Waals surface area contributed by atoms with Gasteiger partial charge in [0.15, 0.2) is 0 Å². The van der Waals surface area contributed by atoms with E-state index in [0.717, 1.165) is 0 Å². The molecule has 5 nitrogen and oxygen atoms in total. The molecule has 2 unspecified atom stereocenters. The highest BCUT2D eigenvalue weighted by molar-refractivity contribution is 8.00. The second kappa shape index (κ2) is 5.56. The number of amides is 1. The third-order valence-corrected chi connectivity index (χ3v) is 4.49. The smallest absolute Gasteiger partial charge is 0.327 e. The Morgan fingerprint density at radius 1 is 1.47 bits per heavy atom. The molecule has 0 aliphatic carbocycles. The van der Waals surface area contributed by atoms with Crippen LogP contribution in [0.5, 0.6) is 0 Å². The summed E-state index contributed by atoms with van der Waals surface area (Å²) in [6.07, 6.45) is 0. The van der Waals surface area contributed by atoms with Crippen molar-refractivity contribution in [2.45, 2.75) is 18.3 Å². The lowest BCUT2D eigenvalue weighted by Gasteiger charge is -2.24. The van der Waals surface area contributed by atoms with Crippen LogP contribution in [0.2, 0.25) is 10.2 Å². The first-order valence-corrected chi connectivity index (χ1v) is 7.21. The van der Waals surface area contributed by atoms with Gasteiger partial charge in [0, 0.05) is 5.75 Å². The number of carboxylic acids is 1. The van der Waals surface area contributed by atoms with Gasteiger partial charge in [-0.15, -0.1) is 11.8 Å². The van der Waals surface area contributed by atoms with Gasteiger partial charge in [-0.1, -0.05) is 23.2 Å². The van der Waals surface area contributed by atoms with E-state index in [4.69, 9.17) is 28.3 Å². The molecule has 1 amide bonds. The van der Waals surface area contributed by atoms with E-state index in [1.54, 1.807) is 6.92 Å². The number of pyridine rings is 1. The monoisotopic (exact) mass is 320 g/mol. The molecule has 1 N–H and O–H groups in total. The van der Waals surface area contributed by atoms with Crippen LogP contribution in [-0.2, 0) is 4.79 Å². The van der Waals surface area contributed by atoms with Gasteiger partial charge in [-0.25, -0.2) is 9.78 Å². The highest BCUT2D eigenvalue weighted by atomic mass is 35.5. The van der Waals surface area contributed by atoms with Crippen molar-refractivity contribution in [3.05, 3.63) is 28.0 Å². The quantitative estimate of drug-likeness (QED) is 0.847. The van der Waals surface area contributed by atoms with E-state index in [1.165, 1.54) is 28.8 Å². The van der Waals surface area contributed by atoms with E-state index < -0.39 is 17.9 Å². The van der Waals surface area contributed by atoms with Gasteiger partial charge in [-0.05, 0) is 19.1 Å². The van der Waals surface area contributed by atoms with Crippen molar-refractivity contribution in [2.24, 2.45) is 0 Å². The molecule has 1 aliphatic heterocycles. The number of aromatic nitrogens is 1. The van der Waals surface area contributed by atoms with Gasteiger partial charge < -0.3 is 10.0 Å². The number of halogens is 2. The van der Waals surface area contributed by atoms with E-state index in [1.807, 2.05) is 0 Å². The van der Waals surface area contributed by atoms with E-state index in [0.29, 0.717) is 5.75 Å². The Kier molecular flexibility index (Phi) is 4.23. The molecular formula is C11H10Cl2N2O3S. The van der Waals surface area contributed by atoms with Gasteiger partial charge >= 0.3 is 5.97 Å². The third-order valence-electron chi connectivity index (χ3n) is 2.76. The van der Waals surface area contributed by atoms with Crippen LogP contribution in [0, 0.1) is 0 Å². The predicted octanol–water partition coefficient (Wildman–Crippen LogP) is 2.38. The van der Waals surface area contributed by atoms with Crippen LogP contribution >= 0.6 is 35.0 Å². The summed E-state index contributed by atoms with van der Waals surface area (Å²) in [5.41, 5.74) is -0.0187. The first kappa shape index (κ1) is 14.4. The molecule has 19 heavy (non-hydrogen) atoms. The zero-order valence-corrected chi connectivity index (χ0v) is 12.2. The number of hydrogen-bond acceptors (Lipinski definition) is 4. The van der Waals surface area contributed by atoms with Crippen LogP contribution in [0.4, 0.5) is 0 Å². The molecule has 2 heterocycles. The van der Waals surface area contributed by atoms with Gasteiger partial charge in [-0.3, -0.25) is 4.79 Å². The van der Waals surface area contributed by atoms with Crippen molar-refractivity contribution in [1.82, 2.24) is 9.88 Å². The molecule has 0 saturated carbocycles. The predicted molar refractivity (Wildman–Crippen MR) is 73.8 cm³/mol. The largest absolute Gasteiger partial charge is 0.480 e. The van der Waals surface area contributed by atoms with Gasteiger partial charge in [-0.2, -0.15) is 0 Å². The lowest BCUT2D eigenvalue weighted by Crippen LogP contribution is -2.45. The lowest BCUT2D eigenvalue weighted by molar-refractivity contribution is -0.141. The summed E-state index contributed by atoms with van der Waals surface area (Å²) < 4.78 is 0. The number of aliphatic carboxylic acids is 1. The van der Waals surface area contributed by atoms with Crippen molar-refractivity contribution in [3.8, 4) is 0 Å². The summed E-state index contributed by atoms with van der Waals surface area (Å²) in [6.45, 7) is 1.77. The fourth-order valence-corrected chi connectivity index (χ4v) is 3.33. The summed E-state index contributed by atoms with van der Waals surface area (Å²) in [5.74, 6) is -1.21. The third kappa shape index (κ3) is 2.80. The molecule has 0 bridgehead atoms. The molecule has 1 fully saturated rings. The number of thioether (sulfide) groups is 1. The molecule has 0 radical (unpaired) electrons. The van der Waals surface area contributed by atoms with Crippen LogP contribution in [0.15, 0.2) is 12.1 Å². The number of carbonyl (C=O) groups is 2. The van der Waals surface area contributed by atoms with E-state index in [-0.39, 0.29) is 21.2 Å². The second-order valence-corrected chi connectivity index (χ2v) is 6.11. The van der Waals surface area contributed by atoms with Crippen LogP contribution in [0.3, 0.4) is 0 Å². The van der Waals surface area contributed by atoms with Crippen LogP contribution in [0.1, 0.15) is 17.4 Å². The van der Waals surface area contributed by atoms with Gasteiger partial charge in [0.25, 0.3) is 5.91 Å². The van der Waals surface area contributed by atoms with Crippen LogP contribution < -0.4 is 0 Å². The van der Waals surface area contributed by atoms with Gasteiger partial charge in [0.05, 0.1) is 10.4 Å². The molecule has 102 valence electrons. The zero-order valence-electron chi connectivity index (χ0n) is 9.84. The van der Waals surface area contributed by atoms with Crippen molar-refractivity contribution in [1.29, 1.82) is 0 Å². The summed E-state index contributed by atoms with van der Waals surface area (Å²) in [7, 11) is 0. The van der Waals surface area contributed by atoms with Crippen molar-refractivity contribution in [2.75, 3.05) is 5.75 Å². The minimum atomic E-state index is -1.04. The minimum absolute atomic E-state index is 0.0187. The maximum absolute atomic E-state index is 12.4. The normalized spacial score (nSPS) is 22.6. The minimum Gasteiger partial charge on any atom is -0.480 e. The van der Waals surface area contributed by atoms with Crippen molar-refractivity contribution < 1.29 is 14.7 Å².